The van der Waals surface area contributed by atoms with Crippen LogP contribution < -0.4 is 5.32 Å². The Morgan fingerprint density at radius 2 is 1.68 bits per heavy atom. The summed E-state index contributed by atoms with van der Waals surface area (Å²) in [6, 6.07) is -1.37. The topological polar surface area (TPSA) is 174 Å². The number of carbonyl (C=O) groups is 4. The summed E-state index contributed by atoms with van der Waals surface area (Å²) >= 11 is 0. The van der Waals surface area contributed by atoms with Gasteiger partial charge in [0.1, 0.15) is 12.3 Å². The van der Waals surface area contributed by atoms with Gasteiger partial charge >= 0.3 is 24.0 Å². The monoisotopic (exact) mass is 322 g/mol. The lowest BCUT2D eigenvalue weighted by molar-refractivity contribution is -0.143. The Morgan fingerprint density at radius 3 is 2.05 bits per heavy atom. The van der Waals surface area contributed by atoms with Gasteiger partial charge in [-0.15, -0.1) is 0 Å². The molecule has 126 valence electrons. The summed E-state index contributed by atoms with van der Waals surface area (Å²) in [6.45, 7) is -1.02. The zero-order valence-electron chi connectivity index (χ0n) is 11.8. The first-order valence-corrected chi connectivity index (χ1v) is 6.11. The van der Waals surface area contributed by atoms with Gasteiger partial charge in [0.2, 0.25) is 0 Å². The van der Waals surface area contributed by atoms with Crippen molar-refractivity contribution in [3.63, 3.8) is 0 Å². The van der Waals surface area contributed by atoms with Crippen LogP contribution in [0.4, 0.5) is 4.79 Å². The van der Waals surface area contributed by atoms with E-state index >= 15 is 0 Å². The van der Waals surface area contributed by atoms with Crippen LogP contribution in [0, 0.1) is 0 Å². The van der Waals surface area contributed by atoms with E-state index in [1.165, 1.54) is 0 Å². The van der Waals surface area contributed by atoms with Crippen molar-refractivity contribution in [2.45, 2.75) is 25.1 Å². The molecule has 0 aliphatic heterocycles. The minimum Gasteiger partial charge on any atom is -0.481 e. The number of nitrogens with zero attached hydrogens (tertiary/aromatic N) is 1. The van der Waals surface area contributed by atoms with E-state index in [1.54, 1.807) is 0 Å². The Kier molecular flexibility index (Phi) is 8.48. The maximum Gasteiger partial charge on any atom is 0.409 e. The summed E-state index contributed by atoms with van der Waals surface area (Å²) in [5.74, 6) is -3.88. The Morgan fingerprint density at radius 1 is 1.09 bits per heavy atom. The van der Waals surface area contributed by atoms with E-state index in [0.717, 1.165) is 7.11 Å². The fourth-order valence-electron chi connectivity index (χ4n) is 1.61. The second-order valence-electron chi connectivity index (χ2n) is 4.21. The van der Waals surface area contributed by atoms with Crippen LogP contribution in [0.3, 0.4) is 0 Å². The lowest BCUT2D eigenvalue weighted by atomic mass is 10.1. The number of nitrogens with one attached hydrogen (secondary N) is 1. The van der Waals surface area contributed by atoms with Crippen LogP contribution in [-0.2, 0) is 19.1 Å². The van der Waals surface area contributed by atoms with Crippen LogP contribution in [0.1, 0.15) is 12.8 Å². The minimum atomic E-state index is -1.48. The van der Waals surface area contributed by atoms with Gasteiger partial charge in [0, 0.05) is 20.1 Å². The molecule has 0 aromatic heterocycles. The molecule has 0 spiro atoms. The molecular weight excluding hydrogens is 304 g/mol. The highest BCUT2D eigenvalue weighted by Crippen LogP contribution is 2.10. The van der Waals surface area contributed by atoms with E-state index < -0.39 is 55.8 Å². The van der Waals surface area contributed by atoms with E-state index in [4.69, 9.17) is 25.2 Å². The summed E-state index contributed by atoms with van der Waals surface area (Å²) in [5, 5.41) is 37.4. The summed E-state index contributed by atoms with van der Waals surface area (Å²) in [5.41, 5.74) is 0. The predicted molar refractivity (Wildman–Crippen MR) is 69.5 cm³/mol. The zero-order chi connectivity index (χ0) is 17.3. The van der Waals surface area contributed by atoms with Gasteiger partial charge in [0.15, 0.2) is 0 Å². The second-order valence-corrected chi connectivity index (χ2v) is 4.21. The molecule has 0 aromatic rings. The molecule has 0 fully saturated rings. The quantitative estimate of drug-likeness (QED) is 0.295. The lowest BCUT2D eigenvalue weighted by Gasteiger charge is -2.29. The van der Waals surface area contributed by atoms with Crippen LogP contribution in [-0.4, -0.2) is 81.8 Å². The summed E-state index contributed by atoms with van der Waals surface area (Å²) in [7, 11) is 1.14. The molecule has 0 heterocycles. The molecule has 22 heavy (non-hydrogen) atoms. The van der Waals surface area contributed by atoms with Crippen LogP contribution >= 0.6 is 0 Å². The van der Waals surface area contributed by atoms with Gasteiger partial charge in [-0.2, -0.15) is 0 Å². The summed E-state index contributed by atoms with van der Waals surface area (Å²) in [4.78, 5) is 43.8. The molecule has 2 atom stereocenters. The van der Waals surface area contributed by atoms with Gasteiger partial charge in [-0.1, -0.05) is 0 Å². The third-order valence-electron chi connectivity index (χ3n) is 2.67. The largest absolute Gasteiger partial charge is 0.481 e. The fraction of sp³-hybridized carbons (Fsp3) is 0.636. The van der Waals surface area contributed by atoms with E-state index in [1.807, 2.05) is 0 Å². The highest BCUT2D eigenvalue weighted by Gasteiger charge is 2.29. The van der Waals surface area contributed by atoms with Crippen LogP contribution in [0.25, 0.3) is 0 Å². The van der Waals surface area contributed by atoms with E-state index in [0.29, 0.717) is 4.90 Å². The van der Waals surface area contributed by atoms with Crippen molar-refractivity contribution >= 4 is 24.0 Å². The van der Waals surface area contributed by atoms with Crippen LogP contribution in [0.15, 0.2) is 0 Å². The van der Waals surface area contributed by atoms with Crippen LogP contribution in [0.5, 0.6) is 0 Å². The van der Waals surface area contributed by atoms with Crippen molar-refractivity contribution in [3.8, 4) is 0 Å². The first-order valence-electron chi connectivity index (χ1n) is 6.11. The number of carboxylic acid groups (broad SMARTS) is 4. The van der Waals surface area contributed by atoms with Crippen molar-refractivity contribution in [2.75, 3.05) is 20.2 Å². The second kappa shape index (κ2) is 9.52. The number of methoxy groups -OCH3 is 1. The molecular formula is C11H18N2O9. The van der Waals surface area contributed by atoms with E-state index in [2.05, 4.69) is 5.32 Å². The predicted octanol–water partition coefficient (Wildman–Crippen LogP) is -1.07. The number of ether oxygens (including phenoxy) is 1. The standard InChI is InChI=1S/C11H18N2O9/c1-22-7(13(11(20)21)3-2-8(14)15)4-6(10(18)19)12-5-9(16)17/h6-7,12H,2-5H2,1H3,(H,14,15)(H,16,17)(H,18,19)(H,20,21). The van der Waals surface area contributed by atoms with Crippen molar-refractivity contribution < 1.29 is 44.3 Å². The van der Waals surface area contributed by atoms with Crippen molar-refractivity contribution in [2.24, 2.45) is 0 Å². The third kappa shape index (κ3) is 7.40. The number of amides is 1. The zero-order valence-corrected chi connectivity index (χ0v) is 11.8. The molecule has 0 aliphatic rings. The third-order valence-corrected chi connectivity index (χ3v) is 2.67. The molecule has 0 bridgehead atoms. The van der Waals surface area contributed by atoms with E-state index in [9.17, 15) is 19.2 Å². The van der Waals surface area contributed by atoms with Crippen molar-refractivity contribution in [1.29, 1.82) is 0 Å². The smallest absolute Gasteiger partial charge is 0.409 e. The number of rotatable bonds is 11. The molecule has 0 saturated carbocycles. The SMILES string of the molecule is COC(CC(NCC(=O)O)C(=O)O)N(CCC(=O)O)C(=O)O. The average molecular weight is 322 g/mol. The maximum atomic E-state index is 11.1. The molecule has 5 N–H and O–H groups in total. The average Bonchev–Trinajstić information content (AvgIpc) is 2.39. The fourth-order valence-corrected chi connectivity index (χ4v) is 1.61. The number of hydrogen-bond acceptors (Lipinski definition) is 6. The van der Waals surface area contributed by atoms with Gasteiger partial charge in [0.05, 0.1) is 13.0 Å². The lowest BCUT2D eigenvalue weighted by Crippen LogP contribution is -2.48. The van der Waals surface area contributed by atoms with Gasteiger partial charge in [0.25, 0.3) is 0 Å². The Hall–Kier alpha value is -2.40. The van der Waals surface area contributed by atoms with Crippen LogP contribution in [0.2, 0.25) is 0 Å². The first kappa shape index (κ1) is 19.6. The minimum absolute atomic E-state index is 0.384. The highest BCUT2D eigenvalue weighted by atomic mass is 16.5. The molecule has 0 rings (SSSR count). The van der Waals surface area contributed by atoms with Gasteiger partial charge in [-0.3, -0.25) is 24.6 Å². The van der Waals surface area contributed by atoms with Crippen molar-refractivity contribution in [1.82, 2.24) is 10.2 Å². The van der Waals surface area contributed by atoms with Gasteiger partial charge < -0.3 is 25.2 Å². The molecule has 0 radical (unpaired) electrons. The summed E-state index contributed by atoms with van der Waals surface area (Å²) in [6.07, 6.45) is -3.58. The van der Waals surface area contributed by atoms with Gasteiger partial charge in [-0.05, 0) is 0 Å². The van der Waals surface area contributed by atoms with Gasteiger partial charge in [-0.25, -0.2) is 4.79 Å². The normalized spacial score (nSPS) is 13.1. The Bertz CT molecular complexity index is 426. The maximum absolute atomic E-state index is 11.1. The number of carboxylic acids is 3. The molecule has 0 aliphatic carbocycles. The highest BCUT2D eigenvalue weighted by molar-refractivity contribution is 5.75. The Balaban J connectivity index is 4.91. The molecule has 11 nitrogen and oxygen atoms in total. The molecule has 1 amide bonds. The molecule has 2 unspecified atom stereocenters. The molecule has 0 saturated heterocycles. The molecule has 0 aromatic carbocycles. The van der Waals surface area contributed by atoms with E-state index in [-0.39, 0.29) is 6.42 Å². The first-order chi connectivity index (χ1) is 10.2. The van der Waals surface area contributed by atoms with Crippen molar-refractivity contribution in [3.05, 3.63) is 0 Å². The number of hydrogen-bond donors (Lipinski definition) is 5. The number of aliphatic carboxylic acids is 3. The summed E-state index contributed by atoms with van der Waals surface area (Å²) < 4.78 is 4.89. The Labute approximate surface area is 125 Å². The molecule has 11 heteroatoms.